The van der Waals surface area contributed by atoms with Gasteiger partial charge in [0.1, 0.15) is 29.6 Å². The van der Waals surface area contributed by atoms with Gasteiger partial charge >= 0.3 is 6.09 Å². The first-order chi connectivity index (χ1) is 14.4. The lowest BCUT2D eigenvalue weighted by Gasteiger charge is -2.09. The molecule has 2 aromatic carbocycles. The normalized spacial score (nSPS) is 10.2. The summed E-state index contributed by atoms with van der Waals surface area (Å²) in [5, 5.41) is 5.05. The van der Waals surface area contributed by atoms with Crippen LogP contribution in [0.1, 0.15) is 16.1 Å². The number of aromatic nitrogens is 1. The molecular weight excluding hydrogens is 413 g/mol. The summed E-state index contributed by atoms with van der Waals surface area (Å²) in [6, 6.07) is 13.8. The summed E-state index contributed by atoms with van der Waals surface area (Å²) in [5.41, 5.74) is 1.19. The van der Waals surface area contributed by atoms with Gasteiger partial charge in [0.15, 0.2) is 0 Å². The van der Waals surface area contributed by atoms with E-state index in [4.69, 9.17) is 21.1 Å². The number of nitrogens with zero attached hydrogens (tertiary/aromatic N) is 1. The number of hydrogen-bond donors (Lipinski definition) is 2. The number of ether oxygens (including phenoxy) is 2. The molecule has 0 aliphatic heterocycles. The van der Waals surface area contributed by atoms with Gasteiger partial charge in [-0.25, -0.2) is 9.18 Å². The van der Waals surface area contributed by atoms with Crippen molar-refractivity contribution in [2.45, 2.75) is 6.61 Å². The predicted octanol–water partition coefficient (Wildman–Crippen LogP) is 4.77. The van der Waals surface area contributed by atoms with Gasteiger partial charge in [0, 0.05) is 25.0 Å². The van der Waals surface area contributed by atoms with Gasteiger partial charge in [-0.05, 0) is 48.0 Å². The number of halogens is 2. The third-order valence-electron chi connectivity index (χ3n) is 3.88. The molecule has 2 amide bonds. The van der Waals surface area contributed by atoms with Crippen LogP contribution in [0.25, 0.3) is 0 Å². The van der Waals surface area contributed by atoms with Crippen molar-refractivity contribution >= 4 is 29.3 Å². The van der Waals surface area contributed by atoms with Crippen LogP contribution in [-0.2, 0) is 11.3 Å². The lowest BCUT2D eigenvalue weighted by molar-refractivity contribution is 0.0957. The van der Waals surface area contributed by atoms with E-state index in [9.17, 15) is 14.0 Å². The van der Waals surface area contributed by atoms with Gasteiger partial charge in [-0.2, -0.15) is 0 Å². The highest BCUT2D eigenvalue weighted by Gasteiger charge is 2.08. The number of nitrogens with one attached hydrogen (secondary N) is 2. The zero-order chi connectivity index (χ0) is 21.5. The van der Waals surface area contributed by atoms with Gasteiger partial charge in [-0.1, -0.05) is 17.7 Å². The molecule has 0 radical (unpaired) electrons. The number of hydrogen-bond acceptors (Lipinski definition) is 5. The number of pyridine rings is 1. The Hall–Kier alpha value is -3.65. The van der Waals surface area contributed by atoms with Crippen molar-refractivity contribution in [3.05, 3.63) is 82.9 Å². The number of carbonyl (C=O) groups excluding carboxylic acids is 2. The minimum Gasteiger partial charge on any atom is -0.457 e. The predicted molar refractivity (Wildman–Crippen MR) is 109 cm³/mol. The van der Waals surface area contributed by atoms with Crippen LogP contribution in [0.3, 0.4) is 0 Å². The highest BCUT2D eigenvalue weighted by atomic mass is 35.5. The molecule has 0 bridgehead atoms. The van der Waals surface area contributed by atoms with Crippen molar-refractivity contribution in [1.82, 2.24) is 10.3 Å². The van der Waals surface area contributed by atoms with Crippen molar-refractivity contribution in [1.29, 1.82) is 0 Å². The third kappa shape index (κ3) is 5.68. The van der Waals surface area contributed by atoms with Crippen molar-refractivity contribution in [3.8, 4) is 11.5 Å². The second-order valence-electron chi connectivity index (χ2n) is 6.03. The van der Waals surface area contributed by atoms with Gasteiger partial charge in [0.05, 0.1) is 5.02 Å². The fraction of sp³-hybridized carbons (Fsp3) is 0.0952. The number of rotatable bonds is 6. The Labute approximate surface area is 176 Å². The van der Waals surface area contributed by atoms with E-state index < -0.39 is 11.9 Å². The summed E-state index contributed by atoms with van der Waals surface area (Å²) in [6.07, 6.45) is 0.779. The Morgan fingerprint density at radius 1 is 1.07 bits per heavy atom. The summed E-state index contributed by atoms with van der Waals surface area (Å²) >= 11 is 5.62. The molecule has 0 atom stereocenters. The quantitative estimate of drug-likeness (QED) is 0.588. The van der Waals surface area contributed by atoms with E-state index in [0.29, 0.717) is 22.7 Å². The summed E-state index contributed by atoms with van der Waals surface area (Å²) in [7, 11) is 1.52. The van der Waals surface area contributed by atoms with Gasteiger partial charge in [0.25, 0.3) is 5.91 Å². The van der Waals surface area contributed by atoms with Crippen LogP contribution in [0.5, 0.6) is 11.5 Å². The van der Waals surface area contributed by atoms with Crippen LogP contribution in [-0.4, -0.2) is 24.0 Å². The molecule has 154 valence electrons. The zero-order valence-corrected chi connectivity index (χ0v) is 16.6. The van der Waals surface area contributed by atoms with E-state index in [1.54, 1.807) is 36.4 Å². The molecule has 0 saturated heterocycles. The molecule has 0 aliphatic carbocycles. The fourth-order valence-electron chi connectivity index (χ4n) is 2.40. The van der Waals surface area contributed by atoms with E-state index >= 15 is 0 Å². The molecule has 3 aromatic rings. The molecule has 0 aliphatic rings. The van der Waals surface area contributed by atoms with Crippen LogP contribution in [0.15, 0.2) is 60.8 Å². The van der Waals surface area contributed by atoms with Gasteiger partial charge in [-0.3, -0.25) is 15.1 Å². The van der Waals surface area contributed by atoms with Crippen molar-refractivity contribution in [3.63, 3.8) is 0 Å². The Bertz CT molecular complexity index is 1060. The van der Waals surface area contributed by atoms with Crippen molar-refractivity contribution in [2.24, 2.45) is 0 Å². The molecule has 2 N–H and O–H groups in total. The van der Waals surface area contributed by atoms with Crippen LogP contribution in [0, 0.1) is 5.82 Å². The average Bonchev–Trinajstić information content (AvgIpc) is 2.75. The Kier molecular flexibility index (Phi) is 6.82. The largest absolute Gasteiger partial charge is 0.457 e. The molecule has 1 heterocycles. The first-order valence-electron chi connectivity index (χ1n) is 8.78. The number of amides is 2. The first kappa shape index (κ1) is 21.1. The Morgan fingerprint density at radius 3 is 2.53 bits per heavy atom. The van der Waals surface area contributed by atoms with Gasteiger partial charge in [0.2, 0.25) is 0 Å². The molecule has 0 saturated carbocycles. The molecule has 0 unspecified atom stereocenters. The topological polar surface area (TPSA) is 89.6 Å². The SMILES string of the molecule is CNC(=O)c1cc(Oc2ccc(NC(=O)OCc3ccc(Cl)c(F)c3)cc2)ccn1. The lowest BCUT2D eigenvalue weighted by atomic mass is 10.2. The molecule has 0 fully saturated rings. The van der Waals surface area contributed by atoms with Crippen molar-refractivity contribution in [2.75, 3.05) is 12.4 Å². The van der Waals surface area contributed by atoms with Gasteiger partial charge in [-0.15, -0.1) is 0 Å². The maximum atomic E-state index is 13.4. The number of carbonyl (C=O) groups is 2. The second kappa shape index (κ2) is 9.71. The highest BCUT2D eigenvalue weighted by Crippen LogP contribution is 2.23. The maximum Gasteiger partial charge on any atom is 0.411 e. The standard InChI is InChI=1S/C21H17ClFN3O4/c1-24-20(27)19-11-16(8-9-25-19)30-15-5-3-14(4-6-15)26-21(28)29-12-13-2-7-17(22)18(23)10-13/h2-11H,12H2,1H3,(H,24,27)(H,26,28). The summed E-state index contributed by atoms with van der Waals surface area (Å²) in [6.45, 7) is -0.100. The number of anilines is 1. The first-order valence-corrected chi connectivity index (χ1v) is 9.16. The second-order valence-corrected chi connectivity index (χ2v) is 6.44. The average molecular weight is 430 g/mol. The summed E-state index contributed by atoms with van der Waals surface area (Å²) in [5.74, 6) is 0.0452. The van der Waals surface area contributed by atoms with Gasteiger partial charge < -0.3 is 14.8 Å². The monoisotopic (exact) mass is 429 g/mol. The molecular formula is C21H17ClFN3O4. The smallest absolute Gasteiger partial charge is 0.411 e. The van der Waals surface area contributed by atoms with Crippen LogP contribution in [0.2, 0.25) is 5.02 Å². The maximum absolute atomic E-state index is 13.4. The molecule has 1 aromatic heterocycles. The summed E-state index contributed by atoms with van der Waals surface area (Å²) in [4.78, 5) is 27.5. The van der Waals surface area contributed by atoms with Crippen molar-refractivity contribution < 1.29 is 23.5 Å². The lowest BCUT2D eigenvalue weighted by Crippen LogP contribution is -2.18. The molecule has 3 rings (SSSR count). The minimum atomic E-state index is -0.691. The summed E-state index contributed by atoms with van der Waals surface area (Å²) < 4.78 is 24.2. The minimum absolute atomic E-state index is 0.00197. The van der Waals surface area contributed by atoms with Crippen LogP contribution < -0.4 is 15.4 Å². The molecule has 9 heteroatoms. The molecule has 7 nitrogen and oxygen atoms in total. The zero-order valence-electron chi connectivity index (χ0n) is 15.8. The van der Waals surface area contributed by atoms with E-state index in [-0.39, 0.29) is 23.2 Å². The molecule has 0 spiro atoms. The third-order valence-corrected chi connectivity index (χ3v) is 4.19. The number of benzene rings is 2. The Balaban J connectivity index is 1.54. The van der Waals surface area contributed by atoms with E-state index in [2.05, 4.69) is 15.6 Å². The van der Waals surface area contributed by atoms with E-state index in [1.165, 1.54) is 31.4 Å². The van der Waals surface area contributed by atoms with E-state index in [0.717, 1.165) is 0 Å². The molecule has 30 heavy (non-hydrogen) atoms. The fourth-order valence-corrected chi connectivity index (χ4v) is 2.52. The van der Waals surface area contributed by atoms with E-state index in [1.807, 2.05) is 0 Å². The van der Waals surface area contributed by atoms with Crippen LogP contribution >= 0.6 is 11.6 Å². The van der Waals surface area contributed by atoms with Crippen LogP contribution in [0.4, 0.5) is 14.9 Å². The Morgan fingerprint density at radius 2 is 1.83 bits per heavy atom. The highest BCUT2D eigenvalue weighted by molar-refractivity contribution is 6.30.